The van der Waals surface area contributed by atoms with Crippen LogP contribution in [0, 0.1) is 5.92 Å². The van der Waals surface area contributed by atoms with Crippen molar-refractivity contribution < 1.29 is 4.79 Å². The number of carbonyl (C=O) groups is 1. The molecule has 1 aromatic rings. The van der Waals surface area contributed by atoms with Gasteiger partial charge >= 0.3 is 0 Å². The molecule has 0 aromatic carbocycles. The molecule has 0 saturated carbocycles. The molecule has 2 rings (SSSR count). The van der Waals surface area contributed by atoms with Gasteiger partial charge in [-0.2, -0.15) is 15.4 Å². The number of aromatic amines is 1. The summed E-state index contributed by atoms with van der Waals surface area (Å²) in [6, 6.07) is 0. The highest BCUT2D eigenvalue weighted by Gasteiger charge is 2.23. The summed E-state index contributed by atoms with van der Waals surface area (Å²) in [6.45, 7) is 1.79. The molecular formula is C8H12N4O. The summed E-state index contributed by atoms with van der Waals surface area (Å²) >= 11 is 0. The molecule has 1 aliphatic rings. The van der Waals surface area contributed by atoms with E-state index in [1.54, 1.807) is 0 Å². The van der Waals surface area contributed by atoms with Crippen molar-refractivity contribution in [3.05, 3.63) is 11.9 Å². The van der Waals surface area contributed by atoms with Crippen molar-refractivity contribution in [1.29, 1.82) is 0 Å². The van der Waals surface area contributed by atoms with Gasteiger partial charge in [0.1, 0.15) is 5.69 Å². The molecule has 1 fully saturated rings. The highest BCUT2D eigenvalue weighted by atomic mass is 16.1. The van der Waals surface area contributed by atoms with Crippen LogP contribution in [-0.4, -0.2) is 34.3 Å². The van der Waals surface area contributed by atoms with E-state index in [0.29, 0.717) is 5.69 Å². The van der Waals surface area contributed by atoms with E-state index < -0.39 is 0 Å². The standard InChI is InChI=1S/C8H12N4O/c13-8(7-5-10-12-11-7)6-2-1-3-9-4-6/h5-6,9H,1-4H2,(H,10,11,12). The lowest BCUT2D eigenvalue weighted by molar-refractivity contribution is 0.0894. The largest absolute Gasteiger partial charge is 0.316 e. The predicted octanol–water partition coefficient (Wildman–Crippen LogP) is -0.0130. The molecule has 2 N–H and O–H groups in total. The molecule has 1 atom stereocenters. The Kier molecular flexibility index (Phi) is 2.35. The Morgan fingerprint density at radius 1 is 1.62 bits per heavy atom. The number of carbonyl (C=O) groups excluding carboxylic acids is 1. The van der Waals surface area contributed by atoms with E-state index in [1.807, 2.05) is 0 Å². The fourth-order valence-electron chi connectivity index (χ4n) is 1.61. The Morgan fingerprint density at radius 3 is 3.15 bits per heavy atom. The predicted molar refractivity (Wildman–Crippen MR) is 46.3 cm³/mol. The summed E-state index contributed by atoms with van der Waals surface area (Å²) in [5, 5.41) is 13.0. The van der Waals surface area contributed by atoms with Crippen molar-refractivity contribution >= 4 is 5.78 Å². The Hall–Kier alpha value is -1.23. The molecule has 1 aliphatic heterocycles. The van der Waals surface area contributed by atoms with Crippen LogP contribution in [0.25, 0.3) is 0 Å². The van der Waals surface area contributed by atoms with Crippen LogP contribution in [-0.2, 0) is 0 Å². The maximum absolute atomic E-state index is 11.7. The number of Topliss-reactive ketones (excluding diaryl/α,β-unsaturated/α-hetero) is 1. The molecule has 0 aliphatic carbocycles. The van der Waals surface area contributed by atoms with Crippen molar-refractivity contribution in [2.24, 2.45) is 5.92 Å². The van der Waals surface area contributed by atoms with Crippen molar-refractivity contribution in [1.82, 2.24) is 20.7 Å². The average molecular weight is 180 g/mol. The van der Waals surface area contributed by atoms with E-state index in [9.17, 15) is 4.79 Å². The number of rotatable bonds is 2. The Labute approximate surface area is 75.9 Å². The van der Waals surface area contributed by atoms with Gasteiger partial charge in [0.05, 0.1) is 6.20 Å². The van der Waals surface area contributed by atoms with Gasteiger partial charge in [0.2, 0.25) is 0 Å². The van der Waals surface area contributed by atoms with Gasteiger partial charge in [-0.3, -0.25) is 4.79 Å². The Bertz CT molecular complexity index is 276. The van der Waals surface area contributed by atoms with E-state index in [-0.39, 0.29) is 11.7 Å². The highest BCUT2D eigenvalue weighted by Crippen LogP contribution is 2.14. The average Bonchev–Trinajstić information content (AvgIpc) is 2.71. The summed E-state index contributed by atoms with van der Waals surface area (Å²) in [4.78, 5) is 11.7. The van der Waals surface area contributed by atoms with Crippen LogP contribution in [0.2, 0.25) is 0 Å². The van der Waals surface area contributed by atoms with E-state index in [4.69, 9.17) is 0 Å². The number of ketones is 1. The minimum Gasteiger partial charge on any atom is -0.316 e. The van der Waals surface area contributed by atoms with Gasteiger partial charge in [0.15, 0.2) is 5.78 Å². The number of aromatic nitrogens is 3. The first-order valence-corrected chi connectivity index (χ1v) is 4.48. The number of hydrogen-bond acceptors (Lipinski definition) is 4. The smallest absolute Gasteiger partial charge is 0.189 e. The molecular weight excluding hydrogens is 168 g/mol. The topological polar surface area (TPSA) is 70.7 Å². The second-order valence-corrected chi connectivity index (χ2v) is 3.26. The zero-order valence-electron chi connectivity index (χ0n) is 7.29. The molecule has 1 unspecified atom stereocenters. The van der Waals surface area contributed by atoms with Crippen LogP contribution in [0.4, 0.5) is 0 Å². The SMILES string of the molecule is O=C(c1cn[nH]n1)C1CCCNC1. The van der Waals surface area contributed by atoms with Gasteiger partial charge in [-0.05, 0) is 19.4 Å². The van der Waals surface area contributed by atoms with Crippen molar-refractivity contribution in [2.45, 2.75) is 12.8 Å². The molecule has 0 bridgehead atoms. The Balaban J connectivity index is 2.04. The fourth-order valence-corrected chi connectivity index (χ4v) is 1.61. The molecule has 1 aromatic heterocycles. The zero-order valence-corrected chi connectivity index (χ0v) is 7.29. The number of piperidine rings is 1. The van der Waals surface area contributed by atoms with Crippen LogP contribution in [0.5, 0.6) is 0 Å². The molecule has 0 amide bonds. The van der Waals surface area contributed by atoms with Gasteiger partial charge in [-0.1, -0.05) is 0 Å². The Morgan fingerprint density at radius 2 is 2.54 bits per heavy atom. The number of hydrogen-bond donors (Lipinski definition) is 2. The van der Waals surface area contributed by atoms with Gasteiger partial charge in [-0.15, -0.1) is 0 Å². The third kappa shape index (κ3) is 1.75. The van der Waals surface area contributed by atoms with E-state index in [1.165, 1.54) is 6.20 Å². The summed E-state index contributed by atoms with van der Waals surface area (Å²) in [7, 11) is 0. The lowest BCUT2D eigenvalue weighted by atomic mass is 9.94. The van der Waals surface area contributed by atoms with Gasteiger partial charge < -0.3 is 5.32 Å². The first-order valence-electron chi connectivity index (χ1n) is 4.48. The molecule has 0 radical (unpaired) electrons. The van der Waals surface area contributed by atoms with Crippen molar-refractivity contribution in [3.8, 4) is 0 Å². The maximum Gasteiger partial charge on any atom is 0.189 e. The fraction of sp³-hybridized carbons (Fsp3) is 0.625. The second-order valence-electron chi connectivity index (χ2n) is 3.26. The molecule has 2 heterocycles. The first kappa shape index (κ1) is 8.37. The second kappa shape index (κ2) is 3.66. The molecule has 5 nitrogen and oxygen atoms in total. The van der Waals surface area contributed by atoms with Gasteiger partial charge in [0, 0.05) is 12.5 Å². The monoisotopic (exact) mass is 180 g/mol. The lowest BCUT2D eigenvalue weighted by Gasteiger charge is -2.20. The summed E-state index contributed by atoms with van der Waals surface area (Å²) in [5.41, 5.74) is 0.453. The number of nitrogens with zero attached hydrogens (tertiary/aromatic N) is 2. The molecule has 0 spiro atoms. The molecule has 70 valence electrons. The molecule has 13 heavy (non-hydrogen) atoms. The zero-order chi connectivity index (χ0) is 9.10. The summed E-state index contributed by atoms with van der Waals surface area (Å²) in [6.07, 6.45) is 3.50. The van der Waals surface area contributed by atoms with E-state index in [0.717, 1.165) is 25.9 Å². The van der Waals surface area contributed by atoms with Crippen LogP contribution in [0.3, 0.4) is 0 Å². The first-order chi connectivity index (χ1) is 6.38. The summed E-state index contributed by atoms with van der Waals surface area (Å²) in [5.74, 6) is 0.180. The van der Waals surface area contributed by atoms with Crippen molar-refractivity contribution in [2.75, 3.05) is 13.1 Å². The molecule has 1 saturated heterocycles. The van der Waals surface area contributed by atoms with Crippen molar-refractivity contribution in [3.63, 3.8) is 0 Å². The molecule has 5 heteroatoms. The van der Waals surface area contributed by atoms with Gasteiger partial charge in [0.25, 0.3) is 0 Å². The van der Waals surface area contributed by atoms with Gasteiger partial charge in [-0.25, -0.2) is 0 Å². The maximum atomic E-state index is 11.7. The normalized spacial score (nSPS) is 22.9. The summed E-state index contributed by atoms with van der Waals surface area (Å²) < 4.78 is 0. The van der Waals surface area contributed by atoms with Crippen LogP contribution in [0.15, 0.2) is 6.20 Å². The minimum atomic E-state index is 0.0823. The van der Waals surface area contributed by atoms with Crippen LogP contribution in [0.1, 0.15) is 23.3 Å². The third-order valence-corrected chi connectivity index (χ3v) is 2.34. The highest BCUT2D eigenvalue weighted by molar-refractivity contribution is 5.95. The third-order valence-electron chi connectivity index (χ3n) is 2.34. The van der Waals surface area contributed by atoms with Crippen LogP contribution >= 0.6 is 0 Å². The van der Waals surface area contributed by atoms with Crippen LogP contribution < -0.4 is 5.32 Å². The quantitative estimate of drug-likeness (QED) is 0.628. The number of nitrogens with one attached hydrogen (secondary N) is 2. The van der Waals surface area contributed by atoms with E-state index in [2.05, 4.69) is 20.7 Å². The van der Waals surface area contributed by atoms with E-state index >= 15 is 0 Å². The number of H-pyrrole nitrogens is 1. The lowest BCUT2D eigenvalue weighted by Crippen LogP contribution is -2.34. The minimum absolute atomic E-state index is 0.0823.